The van der Waals surface area contributed by atoms with E-state index in [-0.39, 0.29) is 17.9 Å². The van der Waals surface area contributed by atoms with Gasteiger partial charge in [0.05, 0.1) is 25.8 Å². The van der Waals surface area contributed by atoms with Gasteiger partial charge in [0.25, 0.3) is 0 Å². The average molecular weight is 406 g/mol. The highest BCUT2D eigenvalue weighted by Gasteiger charge is 2.55. The number of likely N-dealkylation sites (tertiary alicyclic amines) is 1. The molecule has 7 nitrogen and oxygen atoms in total. The molecule has 0 aliphatic carbocycles. The normalized spacial score (nSPS) is 24.9. The molecule has 1 aromatic heterocycles. The molecule has 0 radical (unpaired) electrons. The van der Waals surface area contributed by atoms with Crippen LogP contribution < -0.4 is 0 Å². The summed E-state index contributed by atoms with van der Waals surface area (Å²) >= 11 is 6.45. The summed E-state index contributed by atoms with van der Waals surface area (Å²) in [6.45, 7) is 2.09. The number of carbonyl (C=O) groups is 2. The van der Waals surface area contributed by atoms with Gasteiger partial charge in [-0.25, -0.2) is 0 Å². The zero-order valence-electron chi connectivity index (χ0n) is 16.4. The third-order valence-corrected chi connectivity index (χ3v) is 5.97. The smallest absolute Gasteiger partial charge is 0.326 e. The Morgan fingerprint density at radius 1 is 1.39 bits per heavy atom. The van der Waals surface area contributed by atoms with Gasteiger partial charge in [-0.1, -0.05) is 35.0 Å². The Labute approximate surface area is 169 Å². The van der Waals surface area contributed by atoms with Crippen LogP contribution in [-0.4, -0.2) is 53.6 Å². The average Bonchev–Trinajstić information content (AvgIpc) is 3.28. The number of methoxy groups -OCH3 is 1. The van der Waals surface area contributed by atoms with E-state index in [4.69, 9.17) is 20.9 Å². The summed E-state index contributed by atoms with van der Waals surface area (Å²) in [5.41, 5.74) is -0.128. The number of nitrogens with zero attached hydrogens (tertiary/aromatic N) is 3. The van der Waals surface area contributed by atoms with Crippen molar-refractivity contribution in [1.29, 1.82) is 0 Å². The standard InChI is InChI=1S/C20H24ClN3O4/c1-20(19(26)27-4)11-15(18(25)23(2)12-13-9-10-22-28-13)17(24(20)3)14-7-5-6-8-16(14)21/h5-10,15,17H,11-12H2,1-4H3/t15-,17-,20-/m0/s1. The molecule has 1 fully saturated rings. The summed E-state index contributed by atoms with van der Waals surface area (Å²) in [6.07, 6.45) is 1.86. The Morgan fingerprint density at radius 2 is 2.11 bits per heavy atom. The Balaban J connectivity index is 1.97. The Bertz CT molecular complexity index is 857. The van der Waals surface area contributed by atoms with Gasteiger partial charge in [0, 0.05) is 24.2 Å². The number of esters is 1. The van der Waals surface area contributed by atoms with Crippen LogP contribution in [0.25, 0.3) is 0 Å². The highest BCUT2D eigenvalue weighted by Crippen LogP contribution is 2.48. The molecule has 1 aromatic carbocycles. The van der Waals surface area contributed by atoms with Crippen LogP contribution in [-0.2, 0) is 20.9 Å². The number of hydrogen-bond donors (Lipinski definition) is 0. The number of amides is 1. The predicted molar refractivity (Wildman–Crippen MR) is 103 cm³/mol. The van der Waals surface area contributed by atoms with Crippen LogP contribution in [0, 0.1) is 5.92 Å². The van der Waals surface area contributed by atoms with Crippen molar-refractivity contribution in [3.05, 3.63) is 52.9 Å². The zero-order chi connectivity index (χ0) is 20.5. The highest BCUT2D eigenvalue weighted by atomic mass is 35.5. The van der Waals surface area contributed by atoms with Crippen molar-refractivity contribution in [3.63, 3.8) is 0 Å². The van der Waals surface area contributed by atoms with Gasteiger partial charge in [0.15, 0.2) is 5.76 Å². The third-order valence-electron chi connectivity index (χ3n) is 5.62. The zero-order valence-corrected chi connectivity index (χ0v) is 17.1. The Hall–Kier alpha value is -2.38. The number of hydrogen-bond acceptors (Lipinski definition) is 6. The minimum atomic E-state index is -0.939. The lowest BCUT2D eigenvalue weighted by molar-refractivity contribution is -0.152. The number of rotatable bonds is 5. The number of benzene rings is 1. The van der Waals surface area contributed by atoms with Gasteiger partial charge in [-0.05, 0) is 32.0 Å². The first-order chi connectivity index (χ1) is 13.3. The van der Waals surface area contributed by atoms with Crippen molar-refractivity contribution in [2.75, 3.05) is 21.2 Å². The van der Waals surface area contributed by atoms with Crippen molar-refractivity contribution in [1.82, 2.24) is 15.0 Å². The molecule has 150 valence electrons. The molecule has 2 aromatic rings. The van der Waals surface area contributed by atoms with Crippen LogP contribution in [0.1, 0.15) is 30.7 Å². The number of aromatic nitrogens is 1. The Kier molecular flexibility index (Phi) is 5.76. The number of carbonyl (C=O) groups excluding carboxylic acids is 2. The first-order valence-corrected chi connectivity index (χ1v) is 9.37. The second-order valence-electron chi connectivity index (χ2n) is 7.33. The van der Waals surface area contributed by atoms with Gasteiger partial charge in [0.2, 0.25) is 5.91 Å². The second kappa shape index (κ2) is 7.93. The van der Waals surface area contributed by atoms with Crippen molar-refractivity contribution in [2.45, 2.75) is 31.5 Å². The summed E-state index contributed by atoms with van der Waals surface area (Å²) in [5.74, 6) is -0.352. The molecule has 2 heterocycles. The fourth-order valence-corrected chi connectivity index (χ4v) is 4.24. The van der Waals surface area contributed by atoms with E-state index in [1.54, 1.807) is 31.0 Å². The summed E-state index contributed by atoms with van der Waals surface area (Å²) in [7, 11) is 4.90. The topological polar surface area (TPSA) is 75.9 Å². The van der Waals surface area contributed by atoms with Crippen molar-refractivity contribution < 1.29 is 18.8 Å². The molecule has 0 spiro atoms. The second-order valence-corrected chi connectivity index (χ2v) is 7.73. The van der Waals surface area contributed by atoms with E-state index in [1.165, 1.54) is 13.3 Å². The van der Waals surface area contributed by atoms with Crippen LogP contribution >= 0.6 is 11.6 Å². The van der Waals surface area contributed by atoms with E-state index in [0.717, 1.165) is 5.56 Å². The molecule has 3 rings (SSSR count). The molecule has 1 amide bonds. The number of ether oxygens (including phenoxy) is 1. The molecule has 0 N–H and O–H groups in total. The van der Waals surface area contributed by atoms with Gasteiger partial charge >= 0.3 is 5.97 Å². The molecule has 1 aliphatic rings. The lowest BCUT2D eigenvalue weighted by Gasteiger charge is -2.33. The van der Waals surface area contributed by atoms with E-state index < -0.39 is 11.5 Å². The predicted octanol–water partition coefficient (Wildman–Crippen LogP) is 2.91. The maximum Gasteiger partial charge on any atom is 0.326 e. The molecule has 0 bridgehead atoms. The fourth-order valence-electron chi connectivity index (χ4n) is 3.99. The minimum Gasteiger partial charge on any atom is -0.468 e. The first-order valence-electron chi connectivity index (χ1n) is 9.00. The van der Waals surface area contributed by atoms with E-state index in [1.807, 2.05) is 30.1 Å². The number of likely N-dealkylation sites (N-methyl/N-ethyl adjacent to an activating group) is 1. The molecule has 3 atom stereocenters. The maximum atomic E-state index is 13.4. The quantitative estimate of drug-likeness (QED) is 0.712. The molecule has 1 saturated heterocycles. The van der Waals surface area contributed by atoms with Crippen molar-refractivity contribution >= 4 is 23.5 Å². The van der Waals surface area contributed by atoms with Crippen LogP contribution in [0.4, 0.5) is 0 Å². The van der Waals surface area contributed by atoms with E-state index in [9.17, 15) is 9.59 Å². The van der Waals surface area contributed by atoms with Crippen LogP contribution in [0.5, 0.6) is 0 Å². The SMILES string of the molecule is COC(=O)[C@]1(C)C[C@H](C(=O)N(C)Cc2ccno2)[C@H](c2ccccc2Cl)N1C. The lowest BCUT2D eigenvalue weighted by Crippen LogP contribution is -2.47. The van der Waals surface area contributed by atoms with Crippen LogP contribution in [0.15, 0.2) is 41.1 Å². The molecule has 1 aliphatic heterocycles. The Morgan fingerprint density at radius 3 is 2.71 bits per heavy atom. The highest BCUT2D eigenvalue weighted by molar-refractivity contribution is 6.31. The summed E-state index contributed by atoms with van der Waals surface area (Å²) in [5, 5.41) is 4.24. The molecule has 0 saturated carbocycles. The first kappa shape index (κ1) is 20.4. The lowest BCUT2D eigenvalue weighted by atomic mass is 9.89. The van der Waals surface area contributed by atoms with Gasteiger partial charge in [-0.15, -0.1) is 0 Å². The molecular formula is C20H24ClN3O4. The molecular weight excluding hydrogens is 382 g/mol. The van der Waals surface area contributed by atoms with Gasteiger partial charge in [-0.2, -0.15) is 0 Å². The van der Waals surface area contributed by atoms with Crippen molar-refractivity contribution in [2.24, 2.45) is 5.92 Å². The van der Waals surface area contributed by atoms with Crippen molar-refractivity contribution in [3.8, 4) is 0 Å². The van der Waals surface area contributed by atoms with Crippen LogP contribution in [0.3, 0.4) is 0 Å². The molecule has 0 unspecified atom stereocenters. The summed E-state index contributed by atoms with van der Waals surface area (Å²) < 4.78 is 10.1. The monoisotopic (exact) mass is 405 g/mol. The van der Waals surface area contributed by atoms with Gasteiger partial charge in [0.1, 0.15) is 5.54 Å². The molecule has 8 heteroatoms. The largest absolute Gasteiger partial charge is 0.468 e. The van der Waals surface area contributed by atoms with Gasteiger partial charge in [-0.3, -0.25) is 14.5 Å². The van der Waals surface area contributed by atoms with E-state index in [2.05, 4.69) is 5.16 Å². The summed E-state index contributed by atoms with van der Waals surface area (Å²) in [6, 6.07) is 8.76. The van der Waals surface area contributed by atoms with E-state index >= 15 is 0 Å². The minimum absolute atomic E-state index is 0.0965. The van der Waals surface area contributed by atoms with Gasteiger partial charge < -0.3 is 14.2 Å². The fraction of sp³-hybridized carbons (Fsp3) is 0.450. The van der Waals surface area contributed by atoms with Crippen LogP contribution in [0.2, 0.25) is 5.02 Å². The molecule has 28 heavy (non-hydrogen) atoms. The number of halogens is 1. The summed E-state index contributed by atoms with van der Waals surface area (Å²) in [4.78, 5) is 29.4. The third kappa shape index (κ3) is 3.52. The van der Waals surface area contributed by atoms with E-state index in [0.29, 0.717) is 23.7 Å². The maximum absolute atomic E-state index is 13.4.